The van der Waals surface area contributed by atoms with Gasteiger partial charge in [0.25, 0.3) is 0 Å². The molecule has 1 rings (SSSR count). The second kappa shape index (κ2) is 5.30. The van der Waals surface area contributed by atoms with Crippen LogP contribution >= 0.6 is 0 Å². The third-order valence-corrected chi connectivity index (χ3v) is 4.32. The largest absolute Gasteiger partial charge is 0.242 e. The van der Waals surface area contributed by atoms with Gasteiger partial charge >= 0.3 is 0 Å². The fourth-order valence-electron chi connectivity index (χ4n) is 1.41. The van der Waals surface area contributed by atoms with Crippen LogP contribution in [0.3, 0.4) is 0 Å². The van der Waals surface area contributed by atoms with E-state index in [0.717, 1.165) is 5.56 Å². The molecule has 5 heteroatoms. The van der Waals surface area contributed by atoms with Gasteiger partial charge < -0.3 is 0 Å². The maximum atomic E-state index is 12.1. The van der Waals surface area contributed by atoms with E-state index in [0.29, 0.717) is 0 Å². The average molecular weight is 252 g/mol. The zero-order chi connectivity index (χ0) is 13.1. The lowest BCUT2D eigenvalue weighted by molar-refractivity contribution is 0.439. The van der Waals surface area contributed by atoms with Crippen LogP contribution < -0.4 is 0 Å². The Balaban J connectivity index is 2.96. The minimum atomic E-state index is -3.48. The average Bonchev–Trinajstić information content (AvgIpc) is 2.29. The van der Waals surface area contributed by atoms with Crippen molar-refractivity contribution in [1.29, 1.82) is 5.26 Å². The molecule has 1 unspecified atom stereocenters. The molecule has 0 saturated heterocycles. The first-order chi connectivity index (χ1) is 7.87. The first kappa shape index (κ1) is 13.7. The molecule has 1 aromatic carbocycles. The molecule has 0 spiro atoms. The predicted molar refractivity (Wildman–Crippen MR) is 65.8 cm³/mol. The van der Waals surface area contributed by atoms with Crippen LogP contribution in [0.5, 0.6) is 0 Å². The van der Waals surface area contributed by atoms with E-state index >= 15 is 0 Å². The van der Waals surface area contributed by atoms with Gasteiger partial charge in [-0.2, -0.15) is 9.57 Å². The summed E-state index contributed by atoms with van der Waals surface area (Å²) in [6, 6.07) is 8.70. The quantitative estimate of drug-likeness (QED) is 0.820. The lowest BCUT2D eigenvalue weighted by atomic mass is 10.2. The van der Waals surface area contributed by atoms with Crippen molar-refractivity contribution in [3.8, 4) is 6.07 Å². The van der Waals surface area contributed by atoms with Gasteiger partial charge in [0, 0.05) is 13.6 Å². The van der Waals surface area contributed by atoms with Gasteiger partial charge in [-0.25, -0.2) is 8.42 Å². The van der Waals surface area contributed by atoms with E-state index in [1.165, 1.54) is 11.4 Å². The van der Waals surface area contributed by atoms with Crippen molar-refractivity contribution >= 4 is 10.0 Å². The summed E-state index contributed by atoms with van der Waals surface area (Å²) in [5.74, 6) is -0.319. The molecule has 0 N–H and O–H groups in total. The highest BCUT2D eigenvalue weighted by molar-refractivity contribution is 7.89. The third kappa shape index (κ3) is 3.29. The molecule has 0 radical (unpaired) electrons. The van der Waals surface area contributed by atoms with Gasteiger partial charge in [0.15, 0.2) is 0 Å². The minimum absolute atomic E-state index is 0.201. The summed E-state index contributed by atoms with van der Waals surface area (Å²) in [7, 11) is -1.99. The highest BCUT2D eigenvalue weighted by atomic mass is 32.2. The van der Waals surface area contributed by atoms with Gasteiger partial charge in [-0.05, 0) is 26.0 Å². The van der Waals surface area contributed by atoms with Crippen molar-refractivity contribution in [2.45, 2.75) is 18.7 Å². The number of sulfonamides is 1. The van der Waals surface area contributed by atoms with E-state index in [1.807, 2.05) is 13.0 Å². The molecule has 0 aliphatic rings. The van der Waals surface area contributed by atoms with E-state index < -0.39 is 10.0 Å². The summed E-state index contributed by atoms with van der Waals surface area (Å²) >= 11 is 0. The second-order valence-corrected chi connectivity index (χ2v) is 6.17. The molecule has 0 bridgehead atoms. The Morgan fingerprint density at radius 1 is 1.35 bits per heavy atom. The Bertz CT molecular complexity index is 514. The lowest BCUT2D eigenvalue weighted by Crippen LogP contribution is -2.30. The maximum Gasteiger partial charge on any atom is 0.242 e. The Kier molecular flexibility index (Phi) is 4.27. The summed E-state index contributed by atoms with van der Waals surface area (Å²) in [6.45, 7) is 3.80. The Morgan fingerprint density at radius 2 is 1.88 bits per heavy atom. The fourth-order valence-corrected chi connectivity index (χ4v) is 2.67. The smallest absolute Gasteiger partial charge is 0.207 e. The van der Waals surface area contributed by atoms with Crippen LogP contribution in [-0.4, -0.2) is 26.3 Å². The summed E-state index contributed by atoms with van der Waals surface area (Å²) in [5, 5.41) is 8.68. The first-order valence-electron chi connectivity index (χ1n) is 5.30. The van der Waals surface area contributed by atoms with Crippen molar-refractivity contribution < 1.29 is 8.42 Å². The molecular weight excluding hydrogens is 236 g/mol. The van der Waals surface area contributed by atoms with E-state index in [1.54, 1.807) is 31.2 Å². The van der Waals surface area contributed by atoms with Crippen LogP contribution in [0, 0.1) is 24.2 Å². The molecule has 0 aliphatic carbocycles. The van der Waals surface area contributed by atoms with Crippen molar-refractivity contribution in [3.05, 3.63) is 29.8 Å². The van der Waals surface area contributed by atoms with Crippen LogP contribution in [0.1, 0.15) is 12.5 Å². The van der Waals surface area contributed by atoms with E-state index in [-0.39, 0.29) is 17.4 Å². The molecule has 0 saturated carbocycles. The molecule has 0 aliphatic heterocycles. The molecule has 1 atom stereocenters. The van der Waals surface area contributed by atoms with Gasteiger partial charge in [-0.1, -0.05) is 17.7 Å². The molecule has 0 fully saturated rings. The molecule has 0 amide bonds. The van der Waals surface area contributed by atoms with Crippen LogP contribution in [0.15, 0.2) is 29.2 Å². The molecule has 0 heterocycles. The van der Waals surface area contributed by atoms with Crippen LogP contribution in [0.2, 0.25) is 0 Å². The highest BCUT2D eigenvalue weighted by Crippen LogP contribution is 2.15. The second-order valence-electron chi connectivity index (χ2n) is 4.13. The molecule has 17 heavy (non-hydrogen) atoms. The zero-order valence-electron chi connectivity index (χ0n) is 10.2. The van der Waals surface area contributed by atoms with Gasteiger partial charge in [-0.3, -0.25) is 0 Å². The van der Waals surface area contributed by atoms with Crippen molar-refractivity contribution in [3.63, 3.8) is 0 Å². The normalized spacial score (nSPS) is 13.4. The van der Waals surface area contributed by atoms with Gasteiger partial charge in [-0.15, -0.1) is 0 Å². The van der Waals surface area contributed by atoms with Crippen LogP contribution in [0.4, 0.5) is 0 Å². The Hall–Kier alpha value is -1.38. The predicted octanol–water partition coefficient (Wildman–Crippen LogP) is 1.78. The van der Waals surface area contributed by atoms with E-state index in [9.17, 15) is 8.42 Å². The first-order valence-corrected chi connectivity index (χ1v) is 6.74. The van der Waals surface area contributed by atoms with Gasteiger partial charge in [0.2, 0.25) is 10.0 Å². The molecular formula is C12H16N2O2S. The Morgan fingerprint density at radius 3 is 2.35 bits per heavy atom. The number of rotatable bonds is 4. The van der Waals surface area contributed by atoms with E-state index in [4.69, 9.17) is 5.26 Å². The molecule has 1 aromatic rings. The topological polar surface area (TPSA) is 61.2 Å². The number of hydrogen-bond donors (Lipinski definition) is 0. The summed E-state index contributed by atoms with van der Waals surface area (Å²) in [4.78, 5) is 0.260. The van der Waals surface area contributed by atoms with Crippen LogP contribution in [-0.2, 0) is 10.0 Å². The summed E-state index contributed by atoms with van der Waals surface area (Å²) in [6.07, 6.45) is 0. The fraction of sp³-hybridized carbons (Fsp3) is 0.417. The minimum Gasteiger partial charge on any atom is -0.207 e. The maximum absolute atomic E-state index is 12.1. The van der Waals surface area contributed by atoms with Crippen molar-refractivity contribution in [1.82, 2.24) is 4.31 Å². The number of hydrogen-bond acceptors (Lipinski definition) is 3. The molecule has 92 valence electrons. The SMILES string of the molecule is Cc1ccc(S(=O)(=O)N(C)CC(C)C#N)cc1. The van der Waals surface area contributed by atoms with Crippen molar-refractivity contribution in [2.24, 2.45) is 5.92 Å². The third-order valence-electron chi connectivity index (χ3n) is 2.48. The monoisotopic (exact) mass is 252 g/mol. The summed E-state index contributed by atoms with van der Waals surface area (Å²) in [5.41, 5.74) is 1.01. The van der Waals surface area contributed by atoms with Crippen molar-refractivity contribution in [2.75, 3.05) is 13.6 Å². The number of nitrogens with zero attached hydrogens (tertiary/aromatic N) is 2. The summed E-state index contributed by atoms with van der Waals surface area (Å²) < 4.78 is 25.4. The molecule has 0 aromatic heterocycles. The van der Waals surface area contributed by atoms with Gasteiger partial charge in [0.1, 0.15) is 0 Å². The Labute approximate surface area is 103 Å². The van der Waals surface area contributed by atoms with E-state index in [2.05, 4.69) is 0 Å². The number of benzene rings is 1. The molecule has 4 nitrogen and oxygen atoms in total. The van der Waals surface area contributed by atoms with Crippen LogP contribution in [0.25, 0.3) is 0 Å². The zero-order valence-corrected chi connectivity index (χ0v) is 11.0. The lowest BCUT2D eigenvalue weighted by Gasteiger charge is -2.18. The number of aryl methyl sites for hydroxylation is 1. The number of nitriles is 1. The standard InChI is InChI=1S/C12H16N2O2S/c1-10-4-6-12(7-5-10)17(15,16)14(3)9-11(2)8-13/h4-7,11H,9H2,1-3H3. The van der Waals surface area contributed by atoms with Gasteiger partial charge in [0.05, 0.1) is 16.9 Å². The highest BCUT2D eigenvalue weighted by Gasteiger charge is 2.21.